The van der Waals surface area contributed by atoms with Crippen LogP contribution in [0.4, 0.5) is 5.69 Å². The Kier molecular flexibility index (Phi) is 6.08. The molecule has 2 rings (SSSR count). The van der Waals surface area contributed by atoms with Crippen LogP contribution in [0.1, 0.15) is 46.4 Å². The minimum absolute atomic E-state index is 0.0681. The van der Waals surface area contributed by atoms with Crippen LogP contribution in [-0.2, 0) is 10.0 Å². The summed E-state index contributed by atoms with van der Waals surface area (Å²) in [5.74, 6) is -0.176. The van der Waals surface area contributed by atoms with Crippen LogP contribution in [0.3, 0.4) is 0 Å². The van der Waals surface area contributed by atoms with Gasteiger partial charge < -0.3 is 5.32 Å². The summed E-state index contributed by atoms with van der Waals surface area (Å²) >= 11 is 0. The Labute approximate surface area is 156 Å². The van der Waals surface area contributed by atoms with Crippen LogP contribution in [0.25, 0.3) is 0 Å². The van der Waals surface area contributed by atoms with E-state index in [9.17, 15) is 13.2 Å². The van der Waals surface area contributed by atoms with E-state index in [1.54, 1.807) is 24.3 Å². The molecule has 0 aromatic heterocycles. The Hall–Kier alpha value is -2.34. The number of anilines is 1. The second-order valence-electron chi connectivity index (χ2n) is 6.57. The molecule has 0 unspecified atom stereocenters. The van der Waals surface area contributed by atoms with Crippen molar-refractivity contribution in [1.82, 2.24) is 5.32 Å². The van der Waals surface area contributed by atoms with Crippen molar-refractivity contribution in [3.63, 3.8) is 0 Å². The van der Waals surface area contributed by atoms with Crippen molar-refractivity contribution < 1.29 is 13.2 Å². The molecule has 0 aliphatic carbocycles. The topological polar surface area (TPSA) is 66.5 Å². The molecule has 2 aromatic carbocycles. The third-order valence-corrected chi connectivity index (χ3v) is 5.71. The lowest BCUT2D eigenvalue weighted by Crippen LogP contribution is -2.29. The van der Waals surface area contributed by atoms with Gasteiger partial charge >= 0.3 is 0 Å². The van der Waals surface area contributed by atoms with Crippen molar-refractivity contribution in [3.8, 4) is 0 Å². The molecule has 2 aromatic rings. The van der Waals surface area contributed by atoms with E-state index in [4.69, 9.17) is 0 Å². The number of benzene rings is 2. The van der Waals surface area contributed by atoms with Crippen molar-refractivity contribution >= 4 is 21.6 Å². The molecule has 0 saturated heterocycles. The molecule has 5 nitrogen and oxygen atoms in total. The summed E-state index contributed by atoms with van der Waals surface area (Å²) in [4.78, 5) is 12.6. The number of nitrogens with one attached hydrogen (secondary N) is 1. The number of sulfonamides is 1. The van der Waals surface area contributed by atoms with Gasteiger partial charge in [-0.25, -0.2) is 8.42 Å². The van der Waals surface area contributed by atoms with Gasteiger partial charge in [0.25, 0.3) is 5.91 Å². The number of carbonyl (C=O) groups excluding carboxylic acids is 1. The van der Waals surface area contributed by atoms with Crippen molar-refractivity contribution in [2.24, 2.45) is 0 Å². The van der Waals surface area contributed by atoms with Gasteiger partial charge in [0.15, 0.2) is 0 Å². The normalized spacial score (nSPS) is 12.5. The number of hydrogen-bond donors (Lipinski definition) is 1. The summed E-state index contributed by atoms with van der Waals surface area (Å²) in [6.45, 7) is 6.13. The molecule has 0 spiro atoms. The minimum atomic E-state index is -3.32. The van der Waals surface area contributed by atoms with Crippen LogP contribution in [-0.4, -0.2) is 27.6 Å². The van der Waals surface area contributed by atoms with Gasteiger partial charge in [-0.1, -0.05) is 30.7 Å². The van der Waals surface area contributed by atoms with Gasteiger partial charge in [-0.2, -0.15) is 0 Å². The fourth-order valence-electron chi connectivity index (χ4n) is 2.87. The Bertz CT molecular complexity index is 890. The smallest absolute Gasteiger partial charge is 0.251 e. The Morgan fingerprint density at radius 1 is 1.12 bits per heavy atom. The number of carbonyl (C=O) groups is 1. The molecule has 1 atom stereocenters. The average Bonchev–Trinajstić information content (AvgIpc) is 2.58. The number of aryl methyl sites for hydroxylation is 2. The quantitative estimate of drug-likeness (QED) is 0.840. The van der Waals surface area contributed by atoms with E-state index >= 15 is 0 Å². The Morgan fingerprint density at radius 2 is 1.73 bits per heavy atom. The molecule has 1 N–H and O–H groups in total. The summed E-state index contributed by atoms with van der Waals surface area (Å²) in [5.41, 5.74) is 4.48. The van der Waals surface area contributed by atoms with Crippen LogP contribution >= 0.6 is 0 Å². The van der Waals surface area contributed by atoms with E-state index < -0.39 is 10.0 Å². The highest BCUT2D eigenvalue weighted by Crippen LogP contribution is 2.23. The lowest BCUT2D eigenvalue weighted by molar-refractivity contribution is 0.0935. The molecule has 0 bridgehead atoms. The molecule has 140 valence electrons. The zero-order valence-corrected chi connectivity index (χ0v) is 16.7. The zero-order chi connectivity index (χ0) is 19.5. The maximum atomic E-state index is 12.6. The number of nitrogens with zero attached hydrogens (tertiary/aromatic N) is 1. The second-order valence-corrected chi connectivity index (χ2v) is 8.59. The molecule has 0 heterocycles. The fourth-order valence-corrected chi connectivity index (χ4v) is 3.38. The van der Waals surface area contributed by atoms with Gasteiger partial charge in [-0.3, -0.25) is 9.10 Å². The van der Waals surface area contributed by atoms with Crippen molar-refractivity contribution in [2.75, 3.05) is 17.6 Å². The van der Waals surface area contributed by atoms with E-state index in [1.807, 2.05) is 26.8 Å². The summed E-state index contributed by atoms with van der Waals surface area (Å²) in [6, 6.07) is 12.7. The highest BCUT2D eigenvalue weighted by atomic mass is 32.2. The standard InChI is InChI=1S/C20H26N2O3S/c1-6-19(18-12-7-14(2)13-15(18)3)21-20(23)16-8-10-17(11-9-16)22(4)26(5,24)25/h7-13,19H,6H2,1-5H3,(H,21,23)/t19-/m0/s1. The molecule has 0 radical (unpaired) electrons. The van der Waals surface area contributed by atoms with E-state index in [0.717, 1.165) is 23.8 Å². The maximum Gasteiger partial charge on any atom is 0.251 e. The molecule has 0 saturated carbocycles. The average molecular weight is 375 g/mol. The van der Waals surface area contributed by atoms with Gasteiger partial charge in [-0.15, -0.1) is 0 Å². The Balaban J connectivity index is 2.18. The van der Waals surface area contributed by atoms with Crippen LogP contribution in [0.15, 0.2) is 42.5 Å². The molecular formula is C20H26N2O3S. The first-order chi connectivity index (χ1) is 12.1. The summed E-state index contributed by atoms with van der Waals surface area (Å²) in [6.07, 6.45) is 1.92. The predicted octanol–water partition coefficient (Wildman–Crippen LogP) is 3.58. The van der Waals surface area contributed by atoms with Crippen LogP contribution in [0, 0.1) is 13.8 Å². The Morgan fingerprint density at radius 3 is 2.23 bits per heavy atom. The van der Waals surface area contributed by atoms with E-state index in [0.29, 0.717) is 11.3 Å². The highest BCUT2D eigenvalue weighted by molar-refractivity contribution is 7.92. The minimum Gasteiger partial charge on any atom is -0.345 e. The van der Waals surface area contributed by atoms with Crippen LogP contribution in [0.2, 0.25) is 0 Å². The van der Waals surface area contributed by atoms with Crippen molar-refractivity contribution in [2.45, 2.75) is 33.2 Å². The van der Waals surface area contributed by atoms with Crippen molar-refractivity contribution in [3.05, 3.63) is 64.7 Å². The third-order valence-electron chi connectivity index (χ3n) is 4.50. The fraction of sp³-hybridized carbons (Fsp3) is 0.350. The molecule has 0 fully saturated rings. The van der Waals surface area contributed by atoms with E-state index in [2.05, 4.69) is 17.4 Å². The SMILES string of the molecule is CC[C@H](NC(=O)c1ccc(N(C)S(C)(=O)=O)cc1)c1ccc(C)cc1C. The third kappa shape index (κ3) is 4.64. The number of hydrogen-bond acceptors (Lipinski definition) is 3. The number of amides is 1. The molecule has 0 aliphatic rings. The van der Waals surface area contributed by atoms with Crippen LogP contribution in [0.5, 0.6) is 0 Å². The summed E-state index contributed by atoms with van der Waals surface area (Å²) < 4.78 is 24.4. The van der Waals surface area contributed by atoms with Gasteiger partial charge in [0.05, 0.1) is 18.0 Å². The first-order valence-corrected chi connectivity index (χ1v) is 10.4. The van der Waals surface area contributed by atoms with E-state index in [1.165, 1.54) is 16.9 Å². The first-order valence-electron chi connectivity index (χ1n) is 8.55. The number of rotatable bonds is 6. The second kappa shape index (κ2) is 7.91. The van der Waals surface area contributed by atoms with Gasteiger partial charge in [-0.05, 0) is 55.7 Å². The maximum absolute atomic E-state index is 12.6. The molecule has 0 aliphatic heterocycles. The molecule has 6 heteroatoms. The van der Waals surface area contributed by atoms with Crippen molar-refractivity contribution in [1.29, 1.82) is 0 Å². The lowest BCUT2D eigenvalue weighted by atomic mass is 9.97. The summed E-state index contributed by atoms with van der Waals surface area (Å²) in [5, 5.41) is 3.07. The van der Waals surface area contributed by atoms with E-state index in [-0.39, 0.29) is 11.9 Å². The zero-order valence-electron chi connectivity index (χ0n) is 15.9. The highest BCUT2D eigenvalue weighted by Gasteiger charge is 2.17. The van der Waals surface area contributed by atoms with Gasteiger partial charge in [0, 0.05) is 12.6 Å². The first kappa shape index (κ1) is 20.0. The predicted molar refractivity (Wildman–Crippen MR) is 106 cm³/mol. The molecule has 1 amide bonds. The molecule has 26 heavy (non-hydrogen) atoms. The van der Waals surface area contributed by atoms with Gasteiger partial charge in [0.2, 0.25) is 10.0 Å². The lowest BCUT2D eigenvalue weighted by Gasteiger charge is -2.20. The molecular weight excluding hydrogens is 348 g/mol. The van der Waals surface area contributed by atoms with Gasteiger partial charge in [0.1, 0.15) is 0 Å². The van der Waals surface area contributed by atoms with Crippen LogP contribution < -0.4 is 9.62 Å². The monoisotopic (exact) mass is 374 g/mol. The summed E-state index contributed by atoms with van der Waals surface area (Å²) in [7, 11) is -1.84. The largest absolute Gasteiger partial charge is 0.345 e.